The molecule has 1 atom stereocenters. The van der Waals surface area contributed by atoms with E-state index >= 15 is 0 Å². The highest BCUT2D eigenvalue weighted by molar-refractivity contribution is 7.07. The van der Waals surface area contributed by atoms with Crippen molar-refractivity contribution in [3.8, 4) is 0 Å². The summed E-state index contributed by atoms with van der Waals surface area (Å²) < 4.78 is 17.6. The molecule has 1 aromatic rings. The van der Waals surface area contributed by atoms with Gasteiger partial charge in [0, 0.05) is 19.6 Å². The third-order valence-corrected chi connectivity index (χ3v) is 3.11. The number of hydrogen-bond donors (Lipinski definition) is 0. The van der Waals surface area contributed by atoms with Gasteiger partial charge in [-0.15, -0.1) is 0 Å². The minimum absolute atomic E-state index is 0.220. The lowest BCUT2D eigenvalue weighted by atomic mass is 10.2. The molecule has 0 bridgehead atoms. The SMILES string of the molecule is FC[C@@H]1CN(Cc2ccsc2)CCO1. The molecule has 2 nitrogen and oxygen atoms in total. The van der Waals surface area contributed by atoms with Crippen LogP contribution in [-0.4, -0.2) is 37.4 Å². The Balaban J connectivity index is 1.86. The highest BCUT2D eigenvalue weighted by Gasteiger charge is 2.19. The summed E-state index contributed by atoms with van der Waals surface area (Å²) in [6.45, 7) is 2.82. The summed E-state index contributed by atoms with van der Waals surface area (Å²) in [6.07, 6.45) is -0.220. The minimum atomic E-state index is -0.375. The zero-order valence-corrected chi connectivity index (χ0v) is 8.80. The molecule has 1 fully saturated rings. The summed E-state index contributed by atoms with van der Waals surface area (Å²) in [6, 6.07) is 2.12. The van der Waals surface area contributed by atoms with Crippen molar-refractivity contribution in [2.45, 2.75) is 12.6 Å². The maximum Gasteiger partial charge on any atom is 0.117 e. The van der Waals surface area contributed by atoms with Crippen LogP contribution in [0, 0.1) is 0 Å². The first-order chi connectivity index (χ1) is 6.88. The van der Waals surface area contributed by atoms with Gasteiger partial charge in [-0.25, -0.2) is 4.39 Å². The van der Waals surface area contributed by atoms with Gasteiger partial charge in [-0.1, -0.05) is 0 Å². The van der Waals surface area contributed by atoms with Crippen LogP contribution in [0.2, 0.25) is 0 Å². The van der Waals surface area contributed by atoms with Gasteiger partial charge in [0.25, 0.3) is 0 Å². The number of alkyl halides is 1. The third kappa shape index (κ3) is 2.53. The number of nitrogens with zero attached hydrogens (tertiary/aromatic N) is 1. The fraction of sp³-hybridized carbons (Fsp3) is 0.600. The van der Waals surface area contributed by atoms with E-state index in [1.165, 1.54) is 5.56 Å². The van der Waals surface area contributed by atoms with Crippen LogP contribution in [0.5, 0.6) is 0 Å². The molecule has 1 saturated heterocycles. The van der Waals surface area contributed by atoms with Gasteiger partial charge < -0.3 is 4.74 Å². The molecular weight excluding hydrogens is 201 g/mol. The summed E-state index contributed by atoms with van der Waals surface area (Å²) in [5.74, 6) is 0. The van der Waals surface area contributed by atoms with Gasteiger partial charge in [0.05, 0.1) is 12.7 Å². The molecule has 0 unspecified atom stereocenters. The molecule has 1 aliphatic heterocycles. The van der Waals surface area contributed by atoms with Gasteiger partial charge in [0.1, 0.15) is 6.67 Å². The smallest absolute Gasteiger partial charge is 0.117 e. The van der Waals surface area contributed by atoms with Crippen LogP contribution in [0.25, 0.3) is 0 Å². The van der Waals surface area contributed by atoms with E-state index in [2.05, 4.69) is 21.7 Å². The molecule has 0 aromatic carbocycles. The number of ether oxygens (including phenoxy) is 1. The Morgan fingerprint density at radius 3 is 3.29 bits per heavy atom. The molecule has 0 saturated carbocycles. The van der Waals surface area contributed by atoms with E-state index in [1.54, 1.807) is 11.3 Å². The second-order valence-electron chi connectivity index (χ2n) is 3.51. The maximum absolute atomic E-state index is 12.4. The number of halogens is 1. The van der Waals surface area contributed by atoms with Crippen LogP contribution in [0.4, 0.5) is 4.39 Å². The Hall–Kier alpha value is -0.450. The zero-order valence-electron chi connectivity index (χ0n) is 7.99. The highest BCUT2D eigenvalue weighted by Crippen LogP contribution is 2.12. The van der Waals surface area contributed by atoms with Crippen molar-refractivity contribution in [3.05, 3.63) is 22.4 Å². The summed E-state index contributed by atoms with van der Waals surface area (Å²) in [7, 11) is 0. The minimum Gasteiger partial charge on any atom is -0.373 e. The summed E-state index contributed by atoms with van der Waals surface area (Å²) in [5, 5.41) is 4.21. The Kier molecular flexibility index (Phi) is 3.50. The van der Waals surface area contributed by atoms with Gasteiger partial charge in [-0.05, 0) is 22.4 Å². The second-order valence-corrected chi connectivity index (χ2v) is 4.29. The van der Waals surface area contributed by atoms with Crippen LogP contribution >= 0.6 is 11.3 Å². The molecule has 0 spiro atoms. The molecule has 0 N–H and O–H groups in total. The largest absolute Gasteiger partial charge is 0.373 e. The molecule has 1 aromatic heterocycles. The van der Waals surface area contributed by atoms with E-state index in [0.717, 1.165) is 13.1 Å². The topological polar surface area (TPSA) is 12.5 Å². The first kappa shape index (κ1) is 10.1. The number of morpholine rings is 1. The average Bonchev–Trinajstić information content (AvgIpc) is 2.71. The molecule has 0 amide bonds. The van der Waals surface area contributed by atoms with E-state index in [9.17, 15) is 4.39 Å². The quantitative estimate of drug-likeness (QED) is 0.763. The molecule has 0 aliphatic carbocycles. The van der Waals surface area contributed by atoms with Crippen LogP contribution in [-0.2, 0) is 11.3 Å². The molecule has 2 rings (SSSR count). The van der Waals surface area contributed by atoms with E-state index < -0.39 is 0 Å². The summed E-state index contributed by atoms with van der Waals surface area (Å²) >= 11 is 1.70. The van der Waals surface area contributed by atoms with Gasteiger partial charge in [0.2, 0.25) is 0 Å². The zero-order chi connectivity index (χ0) is 9.80. The first-order valence-corrected chi connectivity index (χ1v) is 5.74. The van der Waals surface area contributed by atoms with Crippen molar-refractivity contribution in [2.75, 3.05) is 26.4 Å². The van der Waals surface area contributed by atoms with Crippen LogP contribution in [0.1, 0.15) is 5.56 Å². The van der Waals surface area contributed by atoms with Crippen molar-refractivity contribution in [1.82, 2.24) is 4.90 Å². The first-order valence-electron chi connectivity index (χ1n) is 4.79. The molecule has 14 heavy (non-hydrogen) atoms. The highest BCUT2D eigenvalue weighted by atomic mass is 32.1. The van der Waals surface area contributed by atoms with Crippen molar-refractivity contribution in [1.29, 1.82) is 0 Å². The van der Waals surface area contributed by atoms with E-state index in [4.69, 9.17) is 4.74 Å². The maximum atomic E-state index is 12.4. The van der Waals surface area contributed by atoms with Crippen molar-refractivity contribution in [2.24, 2.45) is 0 Å². The molecule has 1 aliphatic rings. The van der Waals surface area contributed by atoms with Crippen molar-refractivity contribution >= 4 is 11.3 Å². The van der Waals surface area contributed by atoms with Gasteiger partial charge in [-0.3, -0.25) is 4.90 Å². The third-order valence-electron chi connectivity index (χ3n) is 2.38. The average molecular weight is 215 g/mol. The van der Waals surface area contributed by atoms with E-state index in [0.29, 0.717) is 13.2 Å². The lowest BCUT2D eigenvalue weighted by Gasteiger charge is -2.31. The van der Waals surface area contributed by atoms with Crippen molar-refractivity contribution in [3.63, 3.8) is 0 Å². The van der Waals surface area contributed by atoms with Crippen molar-refractivity contribution < 1.29 is 9.13 Å². The Morgan fingerprint density at radius 1 is 1.64 bits per heavy atom. The van der Waals surface area contributed by atoms with Crippen LogP contribution < -0.4 is 0 Å². The lowest BCUT2D eigenvalue weighted by molar-refractivity contribution is -0.0412. The molecule has 0 radical (unpaired) electrons. The van der Waals surface area contributed by atoms with Gasteiger partial charge in [-0.2, -0.15) is 11.3 Å². The molecular formula is C10H14FNOS. The van der Waals surface area contributed by atoms with Crippen LogP contribution in [0.15, 0.2) is 16.8 Å². The number of hydrogen-bond acceptors (Lipinski definition) is 3. The van der Waals surface area contributed by atoms with Crippen LogP contribution in [0.3, 0.4) is 0 Å². The Bertz CT molecular complexity index is 265. The fourth-order valence-electron chi connectivity index (χ4n) is 1.66. The Morgan fingerprint density at radius 2 is 2.57 bits per heavy atom. The predicted octanol–water partition coefficient (Wildman–Crippen LogP) is 1.92. The lowest BCUT2D eigenvalue weighted by Crippen LogP contribution is -2.42. The van der Waals surface area contributed by atoms with E-state index in [1.807, 2.05) is 0 Å². The summed E-state index contributed by atoms with van der Waals surface area (Å²) in [5.41, 5.74) is 1.31. The predicted molar refractivity (Wildman–Crippen MR) is 55.3 cm³/mol. The molecule has 78 valence electrons. The summed E-state index contributed by atoms with van der Waals surface area (Å²) in [4.78, 5) is 2.25. The monoisotopic (exact) mass is 215 g/mol. The number of thiophene rings is 1. The Labute approximate surface area is 87.3 Å². The van der Waals surface area contributed by atoms with Gasteiger partial charge >= 0.3 is 0 Å². The molecule has 2 heterocycles. The molecule has 4 heteroatoms. The fourth-order valence-corrected chi connectivity index (χ4v) is 2.32. The van der Waals surface area contributed by atoms with E-state index in [-0.39, 0.29) is 12.8 Å². The van der Waals surface area contributed by atoms with Gasteiger partial charge in [0.15, 0.2) is 0 Å². The normalized spacial score (nSPS) is 23.9. The second kappa shape index (κ2) is 4.87. The number of rotatable bonds is 3. The standard InChI is InChI=1S/C10H14FNOS/c11-5-10-7-12(2-3-13-10)6-9-1-4-14-8-9/h1,4,8,10H,2-3,5-7H2/t10-/m1/s1.